The molecule has 1 aliphatic rings. The minimum atomic E-state index is 0.328. The molecule has 90 valence electrons. The van der Waals surface area contributed by atoms with Gasteiger partial charge in [0.1, 0.15) is 0 Å². The summed E-state index contributed by atoms with van der Waals surface area (Å²) >= 11 is 0. The average Bonchev–Trinajstić information content (AvgIpc) is 2.39. The van der Waals surface area contributed by atoms with Gasteiger partial charge in [-0.05, 0) is 30.7 Å². The van der Waals surface area contributed by atoms with Crippen LogP contribution in [-0.2, 0) is 0 Å². The first kappa shape index (κ1) is 13.0. The van der Waals surface area contributed by atoms with Crippen molar-refractivity contribution in [3.05, 3.63) is 0 Å². The molecule has 0 aliphatic heterocycles. The van der Waals surface area contributed by atoms with E-state index in [4.69, 9.17) is 5.73 Å². The van der Waals surface area contributed by atoms with E-state index in [0.29, 0.717) is 17.5 Å². The molecule has 2 atom stereocenters. The van der Waals surface area contributed by atoms with Crippen LogP contribution in [0, 0.1) is 11.3 Å². The molecular formula is C13H28N2. The minimum Gasteiger partial charge on any atom is -0.326 e. The van der Waals surface area contributed by atoms with E-state index in [1.54, 1.807) is 0 Å². The Labute approximate surface area is 95.2 Å². The maximum atomic E-state index is 6.37. The van der Waals surface area contributed by atoms with E-state index in [1.165, 1.54) is 19.4 Å². The fourth-order valence-corrected chi connectivity index (χ4v) is 2.76. The SMILES string of the molecule is CCN(CC(C)C)C1CCC(C)(C)C1N. The average molecular weight is 212 g/mol. The molecule has 0 aromatic heterocycles. The Morgan fingerprint density at radius 3 is 2.33 bits per heavy atom. The van der Waals surface area contributed by atoms with Gasteiger partial charge in [0.15, 0.2) is 0 Å². The van der Waals surface area contributed by atoms with E-state index < -0.39 is 0 Å². The highest BCUT2D eigenvalue weighted by Gasteiger charge is 2.41. The molecule has 0 saturated heterocycles. The molecule has 15 heavy (non-hydrogen) atoms. The molecule has 0 bridgehead atoms. The van der Waals surface area contributed by atoms with Gasteiger partial charge in [-0.15, -0.1) is 0 Å². The van der Waals surface area contributed by atoms with E-state index in [0.717, 1.165) is 12.5 Å². The van der Waals surface area contributed by atoms with Gasteiger partial charge >= 0.3 is 0 Å². The van der Waals surface area contributed by atoms with Gasteiger partial charge in [0.05, 0.1) is 0 Å². The van der Waals surface area contributed by atoms with Crippen molar-refractivity contribution in [2.24, 2.45) is 17.1 Å². The summed E-state index contributed by atoms with van der Waals surface area (Å²) in [7, 11) is 0. The molecule has 0 aromatic rings. The quantitative estimate of drug-likeness (QED) is 0.776. The lowest BCUT2D eigenvalue weighted by molar-refractivity contribution is 0.155. The monoisotopic (exact) mass is 212 g/mol. The summed E-state index contributed by atoms with van der Waals surface area (Å²) in [5.74, 6) is 0.737. The summed E-state index contributed by atoms with van der Waals surface area (Å²) in [5, 5.41) is 0. The van der Waals surface area contributed by atoms with Crippen LogP contribution in [0.2, 0.25) is 0 Å². The van der Waals surface area contributed by atoms with Gasteiger partial charge in [0.2, 0.25) is 0 Å². The van der Waals surface area contributed by atoms with Crippen molar-refractivity contribution in [3.63, 3.8) is 0 Å². The second kappa shape index (κ2) is 4.84. The number of hydrogen-bond acceptors (Lipinski definition) is 2. The molecule has 1 fully saturated rings. The van der Waals surface area contributed by atoms with Crippen LogP contribution in [-0.4, -0.2) is 30.1 Å². The largest absolute Gasteiger partial charge is 0.326 e. The summed E-state index contributed by atoms with van der Waals surface area (Å²) in [5.41, 5.74) is 6.70. The zero-order valence-corrected chi connectivity index (χ0v) is 11.1. The molecule has 0 aromatic carbocycles. The number of hydrogen-bond donors (Lipinski definition) is 1. The zero-order chi connectivity index (χ0) is 11.6. The second-order valence-electron chi connectivity index (χ2n) is 6.10. The highest BCUT2D eigenvalue weighted by Crippen LogP contribution is 2.38. The smallest absolute Gasteiger partial charge is 0.0252 e. The molecule has 1 saturated carbocycles. The lowest BCUT2D eigenvalue weighted by Gasteiger charge is -2.35. The fourth-order valence-electron chi connectivity index (χ4n) is 2.76. The van der Waals surface area contributed by atoms with Crippen molar-refractivity contribution in [1.29, 1.82) is 0 Å². The van der Waals surface area contributed by atoms with Crippen molar-refractivity contribution >= 4 is 0 Å². The maximum Gasteiger partial charge on any atom is 0.0252 e. The summed E-state index contributed by atoms with van der Waals surface area (Å²) in [6.45, 7) is 13.8. The van der Waals surface area contributed by atoms with Gasteiger partial charge in [0.25, 0.3) is 0 Å². The highest BCUT2D eigenvalue weighted by molar-refractivity contribution is 4.99. The molecule has 2 unspecified atom stereocenters. The standard InChI is InChI=1S/C13H28N2/c1-6-15(9-10(2)3)11-7-8-13(4,5)12(11)14/h10-12H,6-9,14H2,1-5H3. The van der Waals surface area contributed by atoms with Crippen molar-refractivity contribution in [2.45, 2.75) is 59.5 Å². The summed E-state index contributed by atoms with van der Waals surface area (Å²) in [6, 6.07) is 0.948. The van der Waals surface area contributed by atoms with Gasteiger partial charge in [-0.25, -0.2) is 0 Å². The molecule has 0 radical (unpaired) electrons. The maximum absolute atomic E-state index is 6.37. The Bertz CT molecular complexity index is 199. The fraction of sp³-hybridized carbons (Fsp3) is 1.00. The van der Waals surface area contributed by atoms with Gasteiger partial charge in [0, 0.05) is 18.6 Å². The highest BCUT2D eigenvalue weighted by atomic mass is 15.2. The molecular weight excluding hydrogens is 184 g/mol. The predicted molar refractivity (Wildman–Crippen MR) is 66.9 cm³/mol. The second-order valence-corrected chi connectivity index (χ2v) is 6.10. The van der Waals surface area contributed by atoms with Crippen LogP contribution >= 0.6 is 0 Å². The van der Waals surface area contributed by atoms with Crippen molar-refractivity contribution < 1.29 is 0 Å². The van der Waals surface area contributed by atoms with Crippen molar-refractivity contribution in [2.75, 3.05) is 13.1 Å². The van der Waals surface area contributed by atoms with E-state index in [2.05, 4.69) is 39.5 Å². The van der Waals surface area contributed by atoms with Gasteiger partial charge in [-0.1, -0.05) is 34.6 Å². The lowest BCUT2D eigenvalue weighted by Crippen LogP contribution is -2.50. The van der Waals surface area contributed by atoms with Gasteiger partial charge < -0.3 is 5.73 Å². The lowest BCUT2D eigenvalue weighted by atomic mass is 9.87. The van der Waals surface area contributed by atoms with Crippen molar-refractivity contribution in [1.82, 2.24) is 4.90 Å². The Morgan fingerprint density at radius 1 is 1.40 bits per heavy atom. The van der Waals surface area contributed by atoms with Gasteiger partial charge in [-0.2, -0.15) is 0 Å². The first-order chi connectivity index (χ1) is 6.88. The summed E-state index contributed by atoms with van der Waals surface area (Å²) in [4.78, 5) is 2.57. The first-order valence-electron chi connectivity index (χ1n) is 6.38. The van der Waals surface area contributed by atoms with Crippen LogP contribution in [0.1, 0.15) is 47.5 Å². The number of nitrogens with two attached hydrogens (primary N) is 1. The number of nitrogens with zero attached hydrogens (tertiary/aromatic N) is 1. The van der Waals surface area contributed by atoms with Crippen molar-refractivity contribution in [3.8, 4) is 0 Å². The molecule has 1 aliphatic carbocycles. The molecule has 2 N–H and O–H groups in total. The third kappa shape index (κ3) is 2.94. The molecule has 1 rings (SSSR count). The Hall–Kier alpha value is -0.0800. The molecule has 0 spiro atoms. The Kier molecular flexibility index (Phi) is 4.19. The Morgan fingerprint density at radius 2 is 2.00 bits per heavy atom. The van der Waals surface area contributed by atoms with Crippen LogP contribution in [0.5, 0.6) is 0 Å². The first-order valence-corrected chi connectivity index (χ1v) is 6.38. The van der Waals surface area contributed by atoms with Crippen LogP contribution in [0.3, 0.4) is 0 Å². The number of likely N-dealkylation sites (N-methyl/N-ethyl adjacent to an activating group) is 1. The third-order valence-electron chi connectivity index (χ3n) is 3.88. The molecule has 0 heterocycles. The predicted octanol–water partition coefficient (Wildman–Crippen LogP) is 2.48. The minimum absolute atomic E-state index is 0.328. The third-order valence-corrected chi connectivity index (χ3v) is 3.88. The van der Waals surface area contributed by atoms with Crippen LogP contribution in [0.15, 0.2) is 0 Å². The Balaban J connectivity index is 2.62. The summed E-state index contributed by atoms with van der Waals surface area (Å²) in [6.07, 6.45) is 2.54. The molecule has 2 heteroatoms. The summed E-state index contributed by atoms with van der Waals surface area (Å²) < 4.78 is 0. The van der Waals surface area contributed by atoms with E-state index in [9.17, 15) is 0 Å². The molecule has 2 nitrogen and oxygen atoms in total. The van der Waals surface area contributed by atoms with Crippen LogP contribution in [0.4, 0.5) is 0 Å². The van der Waals surface area contributed by atoms with E-state index >= 15 is 0 Å². The van der Waals surface area contributed by atoms with Gasteiger partial charge in [-0.3, -0.25) is 4.90 Å². The zero-order valence-electron chi connectivity index (χ0n) is 11.1. The van der Waals surface area contributed by atoms with Crippen LogP contribution < -0.4 is 5.73 Å². The normalized spacial score (nSPS) is 30.4. The van der Waals surface area contributed by atoms with Crippen LogP contribution in [0.25, 0.3) is 0 Å². The van der Waals surface area contributed by atoms with E-state index in [1.807, 2.05) is 0 Å². The van der Waals surface area contributed by atoms with E-state index in [-0.39, 0.29) is 0 Å². The topological polar surface area (TPSA) is 29.3 Å². The number of rotatable bonds is 4. The molecule has 0 amide bonds.